The summed E-state index contributed by atoms with van der Waals surface area (Å²) in [5.41, 5.74) is 12.3. The van der Waals surface area contributed by atoms with Gasteiger partial charge >= 0.3 is 0 Å². The second kappa shape index (κ2) is 8.52. The van der Waals surface area contributed by atoms with Gasteiger partial charge in [-0.05, 0) is 80.5 Å². The van der Waals surface area contributed by atoms with E-state index in [1.165, 1.54) is 16.0 Å². The Balaban J connectivity index is 2.19. The third-order valence-corrected chi connectivity index (χ3v) is 5.71. The number of hydrogen-bond donors (Lipinski definition) is 2. The van der Waals surface area contributed by atoms with Crippen molar-refractivity contribution in [3.63, 3.8) is 0 Å². The van der Waals surface area contributed by atoms with Gasteiger partial charge in [-0.15, -0.1) is 11.8 Å². The van der Waals surface area contributed by atoms with Gasteiger partial charge in [0, 0.05) is 23.2 Å². The van der Waals surface area contributed by atoms with Gasteiger partial charge in [-0.1, -0.05) is 6.07 Å². The van der Waals surface area contributed by atoms with Gasteiger partial charge in [0.05, 0.1) is 11.4 Å². The number of benzene rings is 2. The molecule has 146 valence electrons. The number of nitrogens with two attached hydrogens (primary N) is 1. The Hall–Kier alpha value is -2.73. The summed E-state index contributed by atoms with van der Waals surface area (Å²) < 4.78 is 0. The number of nitrogens with one attached hydrogen (secondary N) is 1. The van der Waals surface area contributed by atoms with Crippen LogP contribution < -0.4 is 16.1 Å². The molecule has 0 radical (unpaired) electrons. The number of aryl methyl sites for hydroxylation is 1. The van der Waals surface area contributed by atoms with Crippen molar-refractivity contribution in [2.24, 2.45) is 10.8 Å². The van der Waals surface area contributed by atoms with Crippen molar-refractivity contribution in [3.8, 4) is 0 Å². The topological polar surface area (TPSA) is 70.7 Å². The van der Waals surface area contributed by atoms with Crippen molar-refractivity contribution in [1.82, 2.24) is 0 Å². The monoisotopic (exact) mass is 394 g/mol. The fourth-order valence-corrected chi connectivity index (χ4v) is 3.70. The lowest BCUT2D eigenvalue weighted by Crippen LogP contribution is -2.27. The molecule has 0 aromatic heterocycles. The molecule has 0 saturated heterocycles. The van der Waals surface area contributed by atoms with Crippen molar-refractivity contribution in [2.75, 3.05) is 23.6 Å². The molecule has 1 aliphatic rings. The van der Waals surface area contributed by atoms with Crippen LogP contribution in [0.1, 0.15) is 31.4 Å². The number of carbonyl (C=O) groups is 1. The summed E-state index contributed by atoms with van der Waals surface area (Å²) in [5.74, 6) is -0.524. The maximum Gasteiger partial charge on any atom is 0.264 e. The largest absolute Gasteiger partial charge is 0.388 e. The number of carbonyl (C=O) groups excluding carboxylic acids is 1. The minimum absolute atomic E-state index is 0.270. The minimum atomic E-state index is -0.524. The fraction of sp³-hybridized carbons (Fsp3) is 0.273. The molecule has 0 spiro atoms. The first kappa shape index (κ1) is 20.0. The number of amides is 1. The molecule has 1 amide bonds. The maximum absolute atomic E-state index is 11.7. The minimum Gasteiger partial charge on any atom is -0.388 e. The van der Waals surface area contributed by atoms with Crippen LogP contribution in [0.3, 0.4) is 0 Å². The van der Waals surface area contributed by atoms with Crippen LogP contribution in [0.15, 0.2) is 58.0 Å². The Bertz CT molecular complexity index is 948. The number of primary amides is 1. The van der Waals surface area contributed by atoms with Crippen molar-refractivity contribution in [1.29, 1.82) is 0 Å². The third kappa shape index (κ3) is 4.07. The van der Waals surface area contributed by atoms with Crippen molar-refractivity contribution in [2.45, 2.75) is 31.6 Å². The normalized spacial score (nSPS) is 13.9. The number of thioether (sulfide) groups is 1. The summed E-state index contributed by atoms with van der Waals surface area (Å²) >= 11 is 1.69. The number of allylic oxidation sites excluding steroid dienone is 1. The quantitative estimate of drug-likeness (QED) is 0.430. The SMILES string of the molecule is CNc1ccc2c(c1)C(N(/N=C(\C)C(N)=O)c1ccc(SC)cc1)=C(C)CC2. The molecule has 0 aliphatic heterocycles. The van der Waals surface area contributed by atoms with Crippen molar-refractivity contribution in [3.05, 3.63) is 59.2 Å². The molecule has 0 heterocycles. The zero-order chi connectivity index (χ0) is 20.3. The zero-order valence-corrected chi connectivity index (χ0v) is 17.6. The molecule has 2 aromatic rings. The molecule has 3 N–H and O–H groups in total. The Kier molecular flexibility index (Phi) is 6.09. The summed E-state index contributed by atoms with van der Waals surface area (Å²) in [6, 6.07) is 14.6. The smallest absolute Gasteiger partial charge is 0.264 e. The fourth-order valence-electron chi connectivity index (χ4n) is 3.30. The Morgan fingerprint density at radius 3 is 2.50 bits per heavy atom. The number of hydrogen-bond acceptors (Lipinski definition) is 5. The molecule has 0 saturated carbocycles. The number of nitrogens with zero attached hydrogens (tertiary/aromatic N) is 2. The molecule has 0 fully saturated rings. The van der Waals surface area contributed by atoms with Gasteiger partial charge < -0.3 is 11.1 Å². The molecule has 5 nitrogen and oxygen atoms in total. The van der Waals surface area contributed by atoms with E-state index in [0.29, 0.717) is 0 Å². The van der Waals surface area contributed by atoms with Crippen molar-refractivity contribution < 1.29 is 4.79 Å². The van der Waals surface area contributed by atoms with E-state index in [-0.39, 0.29) is 5.71 Å². The van der Waals surface area contributed by atoms with E-state index in [0.717, 1.165) is 35.5 Å². The average Bonchev–Trinajstić information content (AvgIpc) is 2.71. The lowest BCUT2D eigenvalue weighted by atomic mass is 9.89. The summed E-state index contributed by atoms with van der Waals surface area (Å²) in [4.78, 5) is 12.9. The van der Waals surface area contributed by atoms with Gasteiger partial charge in [0.1, 0.15) is 5.71 Å². The molecule has 28 heavy (non-hydrogen) atoms. The van der Waals surface area contributed by atoms with Gasteiger partial charge in [0.15, 0.2) is 0 Å². The second-order valence-corrected chi connectivity index (χ2v) is 7.69. The van der Waals surface area contributed by atoms with Crippen molar-refractivity contribution >= 4 is 40.5 Å². The Morgan fingerprint density at radius 2 is 1.89 bits per heavy atom. The van der Waals surface area contributed by atoms with Crippen LogP contribution in [0.4, 0.5) is 11.4 Å². The highest BCUT2D eigenvalue weighted by molar-refractivity contribution is 7.98. The average molecular weight is 395 g/mol. The van der Waals surface area contributed by atoms with Crippen LogP contribution in [0.5, 0.6) is 0 Å². The molecule has 6 heteroatoms. The van der Waals surface area contributed by atoms with E-state index < -0.39 is 5.91 Å². The Labute approximate surface area is 170 Å². The van der Waals surface area contributed by atoms with Crippen LogP contribution in [-0.4, -0.2) is 24.9 Å². The van der Waals surface area contributed by atoms with E-state index >= 15 is 0 Å². The van der Waals surface area contributed by atoms with E-state index in [9.17, 15) is 4.79 Å². The van der Waals surface area contributed by atoms with Gasteiger partial charge in [0.2, 0.25) is 0 Å². The number of hydrazone groups is 1. The molecule has 2 aromatic carbocycles. The highest BCUT2D eigenvalue weighted by Gasteiger charge is 2.24. The third-order valence-electron chi connectivity index (χ3n) is 4.96. The number of fused-ring (bicyclic) bond motifs is 1. The van der Waals surface area contributed by atoms with Crippen LogP contribution in [0, 0.1) is 0 Å². The molecular weight excluding hydrogens is 368 g/mol. The standard InChI is InChI=1S/C22H26N4OS/c1-14-5-6-16-7-8-17(24-3)13-20(16)21(14)26(25-15(2)22(23)27)18-9-11-19(28-4)12-10-18/h7-13,24H,5-6H2,1-4H3,(H2,23,27)/b25-15+. The van der Waals surface area contributed by atoms with Crippen LogP contribution in [0.25, 0.3) is 5.70 Å². The molecule has 0 unspecified atom stereocenters. The lowest BCUT2D eigenvalue weighted by molar-refractivity contribution is -0.112. The zero-order valence-electron chi connectivity index (χ0n) is 16.7. The van der Waals surface area contributed by atoms with Gasteiger partial charge in [-0.25, -0.2) is 5.01 Å². The summed E-state index contributed by atoms with van der Waals surface area (Å²) in [5, 5.41) is 9.69. The van der Waals surface area contributed by atoms with Crippen LogP contribution >= 0.6 is 11.8 Å². The first-order chi connectivity index (χ1) is 13.4. The van der Waals surface area contributed by atoms with Gasteiger partial charge in [-0.2, -0.15) is 5.10 Å². The van der Waals surface area contributed by atoms with Crippen LogP contribution in [0.2, 0.25) is 0 Å². The predicted octanol–water partition coefficient (Wildman–Crippen LogP) is 4.50. The molecule has 0 bridgehead atoms. The molecule has 0 atom stereocenters. The second-order valence-electron chi connectivity index (χ2n) is 6.81. The predicted molar refractivity (Wildman–Crippen MR) is 120 cm³/mol. The van der Waals surface area contributed by atoms with Gasteiger partial charge in [-0.3, -0.25) is 4.79 Å². The van der Waals surface area contributed by atoms with E-state index in [2.05, 4.69) is 47.7 Å². The van der Waals surface area contributed by atoms with E-state index in [1.807, 2.05) is 30.4 Å². The molecular formula is C22H26N4OS. The summed E-state index contributed by atoms with van der Waals surface area (Å²) in [6.07, 6.45) is 3.99. The number of anilines is 2. The van der Waals surface area contributed by atoms with Crippen LogP contribution in [-0.2, 0) is 11.2 Å². The lowest BCUT2D eigenvalue weighted by Gasteiger charge is -2.30. The first-order valence-corrected chi connectivity index (χ1v) is 10.5. The highest BCUT2D eigenvalue weighted by atomic mass is 32.2. The first-order valence-electron chi connectivity index (χ1n) is 9.24. The Morgan fingerprint density at radius 1 is 1.18 bits per heavy atom. The number of rotatable bonds is 6. The van der Waals surface area contributed by atoms with E-state index in [4.69, 9.17) is 5.73 Å². The van der Waals surface area contributed by atoms with Gasteiger partial charge in [0.25, 0.3) is 5.91 Å². The highest BCUT2D eigenvalue weighted by Crippen LogP contribution is 2.38. The maximum atomic E-state index is 11.7. The molecule has 3 rings (SSSR count). The summed E-state index contributed by atoms with van der Waals surface area (Å²) in [6.45, 7) is 3.78. The molecule has 1 aliphatic carbocycles. The van der Waals surface area contributed by atoms with E-state index in [1.54, 1.807) is 18.7 Å². The summed E-state index contributed by atoms with van der Waals surface area (Å²) in [7, 11) is 1.91.